The fourth-order valence-electron chi connectivity index (χ4n) is 6.37. The molecule has 0 atom stereocenters. The van der Waals surface area contributed by atoms with Gasteiger partial charge in [0.25, 0.3) is 0 Å². The van der Waals surface area contributed by atoms with E-state index in [9.17, 15) is 0 Å². The van der Waals surface area contributed by atoms with Gasteiger partial charge in [0.1, 0.15) is 0 Å². The van der Waals surface area contributed by atoms with Crippen LogP contribution in [0.15, 0.2) is 146 Å². The van der Waals surface area contributed by atoms with Crippen LogP contribution in [0.4, 0.5) is 0 Å². The van der Waals surface area contributed by atoms with Crippen molar-refractivity contribution in [2.75, 3.05) is 0 Å². The molecule has 0 radical (unpaired) electrons. The molecule has 0 unspecified atom stereocenters. The van der Waals surface area contributed by atoms with E-state index in [1.54, 1.807) is 0 Å². The van der Waals surface area contributed by atoms with Gasteiger partial charge in [-0.05, 0) is 86.7 Å². The summed E-state index contributed by atoms with van der Waals surface area (Å²) < 4.78 is 0. The average Bonchev–Trinajstić information content (AvgIpc) is 3.08. The van der Waals surface area contributed by atoms with E-state index in [2.05, 4.69) is 155 Å². The Labute approximate surface area is 266 Å². The van der Waals surface area contributed by atoms with Crippen molar-refractivity contribution in [1.82, 2.24) is 9.97 Å². The molecule has 0 N–H and O–H groups in total. The first-order chi connectivity index (χ1) is 21.9. The van der Waals surface area contributed by atoms with Crippen LogP contribution < -0.4 is 0 Å². The zero-order valence-corrected chi connectivity index (χ0v) is 26.3. The number of fused-ring (bicyclic) bond motifs is 1. The highest BCUT2D eigenvalue weighted by molar-refractivity contribution is 6.06. The van der Waals surface area contributed by atoms with Gasteiger partial charge in [-0.1, -0.05) is 130 Å². The Hall–Kier alpha value is -5.34. The summed E-state index contributed by atoms with van der Waals surface area (Å²) >= 11 is 0. The highest BCUT2D eigenvalue weighted by Crippen LogP contribution is 2.43. The molecule has 2 aromatic heterocycles. The minimum Gasteiger partial charge on any atom is -0.256 e. The number of aromatic nitrogens is 2. The van der Waals surface area contributed by atoms with Crippen LogP contribution in [-0.2, 0) is 5.41 Å². The van der Waals surface area contributed by atoms with Crippen molar-refractivity contribution in [2.45, 2.75) is 33.1 Å². The highest BCUT2D eigenvalue weighted by Gasteiger charge is 2.19. The van der Waals surface area contributed by atoms with Gasteiger partial charge < -0.3 is 0 Å². The van der Waals surface area contributed by atoms with Crippen LogP contribution in [0.5, 0.6) is 0 Å². The standard InChI is InChI=1S/C43H36N2/c1-29-35(30-13-7-5-8-14-30)20-22-37(31-15-9-6-10-16-31)41(29)39-23-21-36(38-19-12-25-45-42(38)39)32-17-11-18-33(27-32)40-28-34(24-26-44-40)43(2,3)4/h5-28H,1-4H3. The van der Waals surface area contributed by atoms with E-state index in [1.807, 2.05) is 18.5 Å². The lowest BCUT2D eigenvalue weighted by Gasteiger charge is -2.20. The molecule has 218 valence electrons. The molecule has 2 nitrogen and oxygen atoms in total. The van der Waals surface area contributed by atoms with Gasteiger partial charge in [-0.3, -0.25) is 9.97 Å². The minimum atomic E-state index is 0.0571. The predicted octanol–water partition coefficient (Wildman–Crippen LogP) is 11.6. The molecular formula is C43H36N2. The molecule has 2 heteroatoms. The monoisotopic (exact) mass is 580 g/mol. The fourth-order valence-corrected chi connectivity index (χ4v) is 6.37. The van der Waals surface area contributed by atoms with Crippen LogP contribution in [0.2, 0.25) is 0 Å². The van der Waals surface area contributed by atoms with E-state index in [-0.39, 0.29) is 5.41 Å². The average molecular weight is 581 g/mol. The van der Waals surface area contributed by atoms with Crippen molar-refractivity contribution in [3.05, 3.63) is 157 Å². The maximum Gasteiger partial charge on any atom is 0.0786 e. The van der Waals surface area contributed by atoms with E-state index in [1.165, 1.54) is 38.9 Å². The lowest BCUT2D eigenvalue weighted by atomic mass is 9.84. The summed E-state index contributed by atoms with van der Waals surface area (Å²) in [5.74, 6) is 0. The quantitative estimate of drug-likeness (QED) is 0.202. The number of pyridine rings is 2. The van der Waals surface area contributed by atoms with Crippen LogP contribution in [0.25, 0.3) is 66.7 Å². The molecule has 2 heterocycles. The molecule has 0 spiro atoms. The molecule has 45 heavy (non-hydrogen) atoms. The molecular weight excluding hydrogens is 544 g/mol. The second-order valence-electron chi connectivity index (χ2n) is 12.7. The number of hydrogen-bond donors (Lipinski definition) is 0. The van der Waals surface area contributed by atoms with E-state index in [0.29, 0.717) is 0 Å². The lowest BCUT2D eigenvalue weighted by Crippen LogP contribution is -2.11. The topological polar surface area (TPSA) is 25.8 Å². The Morgan fingerprint density at radius 1 is 0.467 bits per heavy atom. The van der Waals surface area contributed by atoms with Crippen LogP contribution in [-0.4, -0.2) is 9.97 Å². The Bertz CT molecular complexity index is 2140. The number of hydrogen-bond acceptors (Lipinski definition) is 2. The van der Waals surface area contributed by atoms with Crippen molar-refractivity contribution in [3.8, 4) is 55.8 Å². The Morgan fingerprint density at radius 3 is 1.82 bits per heavy atom. The number of rotatable bonds is 5. The number of nitrogens with zero attached hydrogens (tertiary/aromatic N) is 2. The van der Waals surface area contributed by atoms with Gasteiger partial charge in [0.05, 0.1) is 11.2 Å². The van der Waals surface area contributed by atoms with Crippen molar-refractivity contribution < 1.29 is 0 Å². The van der Waals surface area contributed by atoms with Crippen LogP contribution in [0.3, 0.4) is 0 Å². The largest absolute Gasteiger partial charge is 0.256 e. The molecule has 0 saturated heterocycles. The Kier molecular flexibility index (Phi) is 7.35. The third kappa shape index (κ3) is 5.45. The summed E-state index contributed by atoms with van der Waals surface area (Å²) in [6, 6.07) is 47.7. The van der Waals surface area contributed by atoms with Gasteiger partial charge in [0.15, 0.2) is 0 Å². The molecule has 0 amide bonds. The normalized spacial score (nSPS) is 11.6. The van der Waals surface area contributed by atoms with E-state index in [0.717, 1.165) is 38.9 Å². The van der Waals surface area contributed by atoms with Gasteiger partial charge in [-0.25, -0.2) is 0 Å². The molecule has 0 aliphatic rings. The maximum absolute atomic E-state index is 5.03. The molecule has 5 aromatic carbocycles. The molecule has 0 aliphatic heterocycles. The van der Waals surface area contributed by atoms with Crippen molar-refractivity contribution in [1.29, 1.82) is 0 Å². The van der Waals surface area contributed by atoms with Gasteiger partial charge in [0.2, 0.25) is 0 Å². The highest BCUT2D eigenvalue weighted by atomic mass is 14.7. The first kappa shape index (κ1) is 28.4. The maximum atomic E-state index is 5.03. The van der Waals surface area contributed by atoms with Crippen molar-refractivity contribution in [3.63, 3.8) is 0 Å². The fraction of sp³-hybridized carbons (Fsp3) is 0.116. The summed E-state index contributed by atoms with van der Waals surface area (Å²) in [6.45, 7) is 8.96. The van der Waals surface area contributed by atoms with Crippen LogP contribution >= 0.6 is 0 Å². The van der Waals surface area contributed by atoms with Gasteiger partial charge in [0, 0.05) is 28.9 Å². The van der Waals surface area contributed by atoms with Crippen LogP contribution in [0.1, 0.15) is 31.9 Å². The third-order valence-electron chi connectivity index (χ3n) is 8.77. The van der Waals surface area contributed by atoms with E-state index >= 15 is 0 Å². The predicted molar refractivity (Wildman–Crippen MR) is 190 cm³/mol. The Morgan fingerprint density at radius 2 is 1.09 bits per heavy atom. The zero-order valence-electron chi connectivity index (χ0n) is 26.3. The second-order valence-corrected chi connectivity index (χ2v) is 12.7. The molecule has 7 aromatic rings. The number of benzene rings is 5. The zero-order chi connectivity index (χ0) is 31.0. The summed E-state index contributed by atoms with van der Waals surface area (Å²) in [5.41, 5.74) is 15.2. The van der Waals surface area contributed by atoms with Crippen molar-refractivity contribution in [2.24, 2.45) is 0 Å². The lowest BCUT2D eigenvalue weighted by molar-refractivity contribution is 0.589. The molecule has 0 fully saturated rings. The van der Waals surface area contributed by atoms with Gasteiger partial charge in [-0.15, -0.1) is 0 Å². The first-order valence-corrected chi connectivity index (χ1v) is 15.6. The first-order valence-electron chi connectivity index (χ1n) is 15.6. The molecule has 0 aliphatic carbocycles. The molecule has 0 bridgehead atoms. The second kappa shape index (κ2) is 11.6. The Balaban J connectivity index is 1.42. The summed E-state index contributed by atoms with van der Waals surface area (Å²) in [7, 11) is 0. The third-order valence-corrected chi connectivity index (χ3v) is 8.77. The SMILES string of the molecule is Cc1c(-c2ccccc2)ccc(-c2ccccc2)c1-c1ccc(-c2cccc(-c3cc(C(C)(C)C)ccn3)c2)c2cccnc12. The van der Waals surface area contributed by atoms with Crippen molar-refractivity contribution >= 4 is 10.9 Å². The summed E-state index contributed by atoms with van der Waals surface area (Å²) in [5, 5.41) is 1.13. The van der Waals surface area contributed by atoms with Crippen LogP contribution in [0, 0.1) is 6.92 Å². The minimum absolute atomic E-state index is 0.0571. The molecule has 0 saturated carbocycles. The van der Waals surface area contributed by atoms with E-state index < -0.39 is 0 Å². The van der Waals surface area contributed by atoms with Gasteiger partial charge >= 0.3 is 0 Å². The summed E-state index contributed by atoms with van der Waals surface area (Å²) in [6.07, 6.45) is 3.83. The molecule has 7 rings (SSSR count). The smallest absolute Gasteiger partial charge is 0.0786 e. The summed E-state index contributed by atoms with van der Waals surface area (Å²) in [4.78, 5) is 9.77. The van der Waals surface area contributed by atoms with E-state index in [4.69, 9.17) is 9.97 Å². The van der Waals surface area contributed by atoms with Gasteiger partial charge in [-0.2, -0.15) is 0 Å².